The number of imidazole rings is 1. The molecule has 1 aliphatic heterocycles. The minimum absolute atomic E-state index is 0.0944. The van der Waals surface area contributed by atoms with Gasteiger partial charge in [-0.15, -0.1) is 0 Å². The summed E-state index contributed by atoms with van der Waals surface area (Å²) in [6, 6.07) is 5.17. The number of amides is 3. The van der Waals surface area contributed by atoms with Crippen molar-refractivity contribution >= 4 is 44.6 Å². The fourth-order valence-corrected chi connectivity index (χ4v) is 4.76. The zero-order valence-electron chi connectivity index (χ0n) is 19.2. The van der Waals surface area contributed by atoms with Crippen LogP contribution in [0.1, 0.15) is 32.9 Å². The average molecular weight is 503 g/mol. The summed E-state index contributed by atoms with van der Waals surface area (Å²) in [7, 11) is -3.58. The van der Waals surface area contributed by atoms with Crippen molar-refractivity contribution in [1.29, 1.82) is 0 Å². The number of likely N-dealkylation sites (N-methyl/N-ethyl adjacent to an activating group) is 1. The fourth-order valence-electron chi connectivity index (χ4n) is 3.72. The summed E-state index contributed by atoms with van der Waals surface area (Å²) in [5, 5.41) is 8.02. The van der Waals surface area contributed by atoms with Gasteiger partial charge in [0, 0.05) is 18.8 Å². The van der Waals surface area contributed by atoms with E-state index in [2.05, 4.69) is 35.6 Å². The van der Waals surface area contributed by atoms with Crippen LogP contribution in [0.15, 0.2) is 41.8 Å². The molecule has 3 heterocycles. The van der Waals surface area contributed by atoms with Gasteiger partial charge in [-0.1, -0.05) is 6.92 Å². The van der Waals surface area contributed by atoms with Crippen LogP contribution in [0.25, 0.3) is 11.2 Å². The Morgan fingerprint density at radius 2 is 1.83 bits per heavy atom. The molecule has 3 amide bonds. The highest BCUT2D eigenvalue weighted by molar-refractivity contribution is 7.89. The molecule has 0 aliphatic carbocycles. The molecule has 0 radical (unpaired) electrons. The molecule has 14 heteroatoms. The van der Waals surface area contributed by atoms with Gasteiger partial charge in [0.2, 0.25) is 15.9 Å². The van der Waals surface area contributed by atoms with Crippen LogP contribution in [0.4, 0.5) is 16.3 Å². The van der Waals surface area contributed by atoms with Crippen molar-refractivity contribution in [2.24, 2.45) is 0 Å². The molecule has 0 unspecified atom stereocenters. The number of aromatic nitrogens is 4. The third-order valence-corrected chi connectivity index (χ3v) is 6.86. The van der Waals surface area contributed by atoms with Gasteiger partial charge in [-0.3, -0.25) is 14.7 Å². The number of anilines is 2. The summed E-state index contributed by atoms with van der Waals surface area (Å²) in [6.07, 6.45) is 3.07. The summed E-state index contributed by atoms with van der Waals surface area (Å²) < 4.78 is 34.1. The molecule has 0 saturated carbocycles. The Kier molecular flexibility index (Phi) is 7.23. The van der Waals surface area contributed by atoms with E-state index >= 15 is 0 Å². The number of hydrogen-bond acceptors (Lipinski definition) is 8. The molecular formula is C21H26N8O5S. The van der Waals surface area contributed by atoms with Crippen molar-refractivity contribution in [2.75, 3.05) is 23.7 Å². The summed E-state index contributed by atoms with van der Waals surface area (Å²) in [6.45, 7) is 4.34. The maximum absolute atomic E-state index is 12.5. The predicted molar refractivity (Wildman–Crippen MR) is 127 cm³/mol. The van der Waals surface area contributed by atoms with Gasteiger partial charge in [-0.05, 0) is 44.0 Å². The number of nitrogens with zero attached hydrogens (tertiary/aromatic N) is 4. The first-order valence-corrected chi connectivity index (χ1v) is 12.6. The number of urea groups is 1. The smallest absolute Gasteiger partial charge is 0.324 e. The summed E-state index contributed by atoms with van der Waals surface area (Å²) in [5.41, 5.74) is 1.21. The van der Waals surface area contributed by atoms with E-state index in [1.165, 1.54) is 36.9 Å². The van der Waals surface area contributed by atoms with Crippen molar-refractivity contribution in [3.05, 3.63) is 36.9 Å². The molecule has 4 rings (SSSR count). The Bertz CT molecular complexity index is 1330. The molecule has 13 nitrogen and oxygen atoms in total. The number of carbonyl (C=O) groups excluding carboxylic acids is 2. The van der Waals surface area contributed by atoms with Gasteiger partial charge in [-0.25, -0.2) is 32.9 Å². The Labute approximate surface area is 201 Å². The number of fused-ring (bicyclic) bond motifs is 1. The van der Waals surface area contributed by atoms with E-state index in [4.69, 9.17) is 4.74 Å². The Morgan fingerprint density at radius 1 is 1.06 bits per heavy atom. The summed E-state index contributed by atoms with van der Waals surface area (Å²) in [5.74, 6) is 0.0381. The van der Waals surface area contributed by atoms with Crippen LogP contribution in [-0.4, -0.2) is 59.1 Å². The summed E-state index contributed by atoms with van der Waals surface area (Å²) >= 11 is 0. The van der Waals surface area contributed by atoms with E-state index in [0.29, 0.717) is 36.2 Å². The van der Waals surface area contributed by atoms with E-state index in [-0.39, 0.29) is 23.2 Å². The van der Waals surface area contributed by atoms with Crippen LogP contribution in [0.3, 0.4) is 0 Å². The second kappa shape index (κ2) is 10.3. The SMILES string of the molecule is CCNC(=O)[C@@H]1CC[C@H](n2cnc3c(NC(=O)Nc4ccc(S(=O)(=O)NCC)cc4)ncnc32)O1. The fraction of sp³-hybridized carbons (Fsp3) is 0.381. The van der Waals surface area contributed by atoms with Crippen molar-refractivity contribution in [3.63, 3.8) is 0 Å². The highest BCUT2D eigenvalue weighted by atomic mass is 32.2. The van der Waals surface area contributed by atoms with Gasteiger partial charge >= 0.3 is 6.03 Å². The van der Waals surface area contributed by atoms with Gasteiger partial charge in [-0.2, -0.15) is 0 Å². The number of benzene rings is 1. The highest BCUT2D eigenvalue weighted by Gasteiger charge is 2.32. The zero-order chi connectivity index (χ0) is 25.0. The number of rotatable bonds is 8. The first-order valence-electron chi connectivity index (χ1n) is 11.1. The molecule has 2 aromatic heterocycles. The minimum atomic E-state index is -3.58. The maximum atomic E-state index is 12.5. The van der Waals surface area contributed by atoms with Gasteiger partial charge in [0.15, 0.2) is 17.0 Å². The molecule has 1 aliphatic rings. The first-order chi connectivity index (χ1) is 16.8. The van der Waals surface area contributed by atoms with Gasteiger partial charge in [0.05, 0.1) is 11.2 Å². The van der Waals surface area contributed by atoms with Gasteiger partial charge < -0.3 is 15.4 Å². The van der Waals surface area contributed by atoms with Gasteiger partial charge in [0.25, 0.3) is 0 Å². The quantitative estimate of drug-likeness (QED) is 0.360. The standard InChI is InChI=1S/C21H26N8O5S/c1-3-22-20(30)15-9-10-16(34-15)29-12-25-17-18(23-11-24-19(17)29)28-21(31)27-13-5-7-14(8-6-13)35(32,33)26-4-2/h5-8,11-12,15-16,26H,3-4,9-10H2,1-2H3,(H,22,30)(H2,23,24,27,28,31)/t15-,16+/m0/s1. The number of nitrogens with one attached hydrogen (secondary N) is 4. The lowest BCUT2D eigenvalue weighted by atomic mass is 10.2. The molecule has 2 atom stereocenters. The first kappa shape index (κ1) is 24.5. The number of ether oxygens (including phenoxy) is 1. The molecular weight excluding hydrogens is 476 g/mol. The molecule has 4 N–H and O–H groups in total. The van der Waals surface area contributed by atoms with E-state index in [1.807, 2.05) is 6.92 Å². The second-order valence-electron chi connectivity index (χ2n) is 7.70. The molecule has 1 aromatic carbocycles. The van der Waals surface area contributed by atoms with Crippen molar-refractivity contribution < 1.29 is 22.7 Å². The zero-order valence-corrected chi connectivity index (χ0v) is 20.0. The Morgan fingerprint density at radius 3 is 2.54 bits per heavy atom. The normalized spacial score (nSPS) is 17.9. The molecule has 0 bridgehead atoms. The number of hydrogen-bond donors (Lipinski definition) is 4. The van der Waals surface area contributed by atoms with Crippen LogP contribution < -0.4 is 20.7 Å². The van der Waals surface area contributed by atoms with E-state index in [0.717, 1.165) is 0 Å². The minimum Gasteiger partial charge on any atom is -0.354 e. The highest BCUT2D eigenvalue weighted by Crippen LogP contribution is 2.31. The molecule has 3 aromatic rings. The molecule has 1 saturated heterocycles. The van der Waals surface area contributed by atoms with Crippen molar-refractivity contribution in [2.45, 2.75) is 43.9 Å². The largest absolute Gasteiger partial charge is 0.354 e. The van der Waals surface area contributed by atoms with Crippen LogP contribution in [-0.2, 0) is 19.6 Å². The summed E-state index contributed by atoms with van der Waals surface area (Å²) in [4.78, 5) is 37.4. The predicted octanol–water partition coefficient (Wildman–Crippen LogP) is 1.58. The van der Waals surface area contributed by atoms with E-state index in [9.17, 15) is 18.0 Å². The van der Waals surface area contributed by atoms with E-state index < -0.39 is 28.4 Å². The van der Waals surface area contributed by atoms with Crippen molar-refractivity contribution in [3.8, 4) is 0 Å². The van der Waals surface area contributed by atoms with Crippen LogP contribution in [0, 0.1) is 0 Å². The van der Waals surface area contributed by atoms with Crippen LogP contribution >= 0.6 is 0 Å². The lowest BCUT2D eigenvalue weighted by molar-refractivity contribution is -0.133. The Hall–Kier alpha value is -3.62. The monoisotopic (exact) mass is 502 g/mol. The topological polar surface area (TPSA) is 169 Å². The lowest BCUT2D eigenvalue weighted by Crippen LogP contribution is -2.34. The van der Waals surface area contributed by atoms with Gasteiger partial charge in [0.1, 0.15) is 18.7 Å². The molecule has 1 fully saturated rings. The maximum Gasteiger partial charge on any atom is 0.324 e. The van der Waals surface area contributed by atoms with Crippen LogP contribution in [0.2, 0.25) is 0 Å². The van der Waals surface area contributed by atoms with E-state index in [1.54, 1.807) is 11.5 Å². The Balaban J connectivity index is 1.44. The number of sulfonamides is 1. The second-order valence-corrected chi connectivity index (χ2v) is 9.47. The third-order valence-electron chi connectivity index (χ3n) is 5.30. The van der Waals surface area contributed by atoms with Crippen LogP contribution in [0.5, 0.6) is 0 Å². The molecule has 0 spiro atoms. The van der Waals surface area contributed by atoms with Crippen molar-refractivity contribution in [1.82, 2.24) is 29.6 Å². The molecule has 35 heavy (non-hydrogen) atoms. The lowest BCUT2D eigenvalue weighted by Gasteiger charge is -2.15. The molecule has 186 valence electrons. The third kappa shape index (κ3) is 5.39. The average Bonchev–Trinajstić information content (AvgIpc) is 3.47. The number of carbonyl (C=O) groups is 2.